The van der Waals surface area contributed by atoms with E-state index in [4.69, 9.17) is 0 Å². The lowest BCUT2D eigenvalue weighted by molar-refractivity contribution is 0.901. The minimum atomic E-state index is 0.779. The predicted octanol–water partition coefficient (Wildman–Crippen LogP) is 3.01. The van der Waals surface area contributed by atoms with E-state index in [1.807, 2.05) is 32.2 Å². The van der Waals surface area contributed by atoms with Crippen LogP contribution in [-0.2, 0) is 0 Å². The van der Waals surface area contributed by atoms with Crippen molar-refractivity contribution < 1.29 is 0 Å². The summed E-state index contributed by atoms with van der Waals surface area (Å²) in [5.41, 5.74) is 3.04. The summed E-state index contributed by atoms with van der Waals surface area (Å²) in [5.74, 6) is 0. The van der Waals surface area contributed by atoms with E-state index in [1.165, 1.54) is 11.8 Å². The Labute approximate surface area is 97.0 Å². The third-order valence-corrected chi connectivity index (χ3v) is 3.66. The average molecular weight is 237 g/mol. The second-order valence-corrected chi connectivity index (χ2v) is 5.36. The van der Waals surface area contributed by atoms with E-state index in [9.17, 15) is 0 Å². The van der Waals surface area contributed by atoms with E-state index in [0.29, 0.717) is 0 Å². The van der Waals surface area contributed by atoms with E-state index in [2.05, 4.69) is 15.0 Å². The van der Waals surface area contributed by atoms with Crippen LogP contribution in [0.25, 0.3) is 0 Å². The molecule has 0 amide bonds. The van der Waals surface area contributed by atoms with Crippen LogP contribution in [0, 0.1) is 20.8 Å². The normalized spacial score (nSPS) is 10.6. The first kappa shape index (κ1) is 10.6. The molecule has 5 heteroatoms. The van der Waals surface area contributed by atoms with Crippen LogP contribution in [0.2, 0.25) is 0 Å². The summed E-state index contributed by atoms with van der Waals surface area (Å²) in [7, 11) is 0. The first-order chi connectivity index (χ1) is 7.13. The van der Waals surface area contributed by atoms with Crippen molar-refractivity contribution in [3.63, 3.8) is 0 Å². The number of hydrogen-bond donors (Lipinski definition) is 0. The lowest BCUT2D eigenvalue weighted by Gasteiger charge is -1.99. The Morgan fingerprint density at radius 1 is 1.00 bits per heavy atom. The quantitative estimate of drug-likeness (QED) is 0.753. The Bertz CT molecular complexity index is 459. The molecule has 3 nitrogen and oxygen atoms in total. The van der Waals surface area contributed by atoms with Crippen LogP contribution in [-0.4, -0.2) is 15.0 Å². The number of nitrogens with zero attached hydrogens (tertiary/aromatic N) is 3. The molecule has 0 atom stereocenters. The summed E-state index contributed by atoms with van der Waals surface area (Å²) in [6, 6.07) is 1.97. The maximum absolute atomic E-state index is 4.37. The Balaban J connectivity index is 2.24. The SMILES string of the molecule is Cc1cc(C)nc(Sc2nc(C)cs2)n1. The molecule has 0 fully saturated rings. The molecule has 0 bridgehead atoms. The molecule has 2 aromatic rings. The van der Waals surface area contributed by atoms with Crippen molar-refractivity contribution in [1.29, 1.82) is 0 Å². The molecule has 15 heavy (non-hydrogen) atoms. The van der Waals surface area contributed by atoms with Gasteiger partial charge < -0.3 is 0 Å². The zero-order valence-electron chi connectivity index (χ0n) is 8.81. The smallest absolute Gasteiger partial charge is 0.195 e. The van der Waals surface area contributed by atoms with Gasteiger partial charge in [0.15, 0.2) is 9.50 Å². The largest absolute Gasteiger partial charge is 0.235 e. The van der Waals surface area contributed by atoms with Crippen LogP contribution < -0.4 is 0 Å². The lowest BCUT2D eigenvalue weighted by Crippen LogP contribution is -1.92. The fourth-order valence-electron chi connectivity index (χ4n) is 1.20. The third kappa shape index (κ3) is 2.76. The van der Waals surface area contributed by atoms with E-state index in [-0.39, 0.29) is 0 Å². The molecule has 0 N–H and O–H groups in total. The van der Waals surface area contributed by atoms with Crippen molar-refractivity contribution in [3.05, 3.63) is 28.5 Å². The van der Waals surface area contributed by atoms with Gasteiger partial charge in [0.25, 0.3) is 0 Å². The second-order valence-electron chi connectivity index (χ2n) is 3.29. The molecule has 0 spiro atoms. The number of thiazole rings is 1. The second kappa shape index (κ2) is 4.28. The van der Waals surface area contributed by atoms with Gasteiger partial charge in [-0.3, -0.25) is 0 Å². The van der Waals surface area contributed by atoms with Crippen molar-refractivity contribution in [2.45, 2.75) is 30.3 Å². The summed E-state index contributed by atoms with van der Waals surface area (Å²) >= 11 is 3.15. The zero-order chi connectivity index (χ0) is 10.8. The van der Waals surface area contributed by atoms with E-state index < -0.39 is 0 Å². The van der Waals surface area contributed by atoms with Gasteiger partial charge in [-0.05, 0) is 38.6 Å². The van der Waals surface area contributed by atoms with Gasteiger partial charge in [-0.2, -0.15) is 0 Å². The van der Waals surface area contributed by atoms with E-state index >= 15 is 0 Å². The molecule has 0 unspecified atom stereocenters. The molecule has 2 heterocycles. The van der Waals surface area contributed by atoms with E-state index in [1.54, 1.807) is 11.3 Å². The summed E-state index contributed by atoms with van der Waals surface area (Å²) in [4.78, 5) is 13.1. The number of aryl methyl sites for hydroxylation is 3. The standard InChI is InChI=1S/C10H11N3S2/c1-6-4-7(2)12-9(11-6)15-10-13-8(3)5-14-10/h4-5H,1-3H3. The zero-order valence-corrected chi connectivity index (χ0v) is 10.4. The first-order valence-corrected chi connectivity index (χ1v) is 6.25. The number of aromatic nitrogens is 3. The van der Waals surface area contributed by atoms with Crippen molar-refractivity contribution in [2.24, 2.45) is 0 Å². The Morgan fingerprint density at radius 2 is 1.67 bits per heavy atom. The number of rotatable bonds is 2. The highest BCUT2D eigenvalue weighted by atomic mass is 32.2. The maximum Gasteiger partial charge on any atom is 0.195 e. The molecule has 2 aromatic heterocycles. The summed E-state index contributed by atoms with van der Waals surface area (Å²) in [6.07, 6.45) is 0. The molecule has 78 valence electrons. The van der Waals surface area contributed by atoms with Gasteiger partial charge in [-0.25, -0.2) is 15.0 Å². The molecule has 0 aliphatic rings. The molecule has 0 aliphatic carbocycles. The Morgan fingerprint density at radius 3 is 2.20 bits per heavy atom. The fourth-order valence-corrected chi connectivity index (χ4v) is 3.00. The molecule has 0 saturated heterocycles. The van der Waals surface area contributed by atoms with Gasteiger partial charge in [0.2, 0.25) is 0 Å². The Kier molecular flexibility index (Phi) is 3.02. The molecule has 0 radical (unpaired) electrons. The lowest BCUT2D eigenvalue weighted by atomic mass is 10.4. The molecular weight excluding hydrogens is 226 g/mol. The topological polar surface area (TPSA) is 38.7 Å². The van der Waals surface area contributed by atoms with Gasteiger partial charge in [-0.1, -0.05) is 0 Å². The molecule has 0 saturated carbocycles. The molecular formula is C10H11N3S2. The van der Waals surface area contributed by atoms with Crippen molar-refractivity contribution in [2.75, 3.05) is 0 Å². The van der Waals surface area contributed by atoms with Crippen molar-refractivity contribution >= 4 is 23.1 Å². The van der Waals surface area contributed by atoms with Gasteiger partial charge >= 0.3 is 0 Å². The van der Waals surface area contributed by atoms with Gasteiger partial charge in [-0.15, -0.1) is 11.3 Å². The van der Waals surface area contributed by atoms with Gasteiger partial charge in [0.05, 0.1) is 0 Å². The average Bonchev–Trinajstić information content (AvgIpc) is 2.49. The predicted molar refractivity (Wildman–Crippen MR) is 62.5 cm³/mol. The molecule has 0 aromatic carbocycles. The minimum absolute atomic E-state index is 0.779. The van der Waals surface area contributed by atoms with Crippen LogP contribution >= 0.6 is 23.1 Å². The molecule has 2 rings (SSSR count). The third-order valence-electron chi connectivity index (χ3n) is 1.74. The van der Waals surface area contributed by atoms with Gasteiger partial charge in [0.1, 0.15) is 0 Å². The van der Waals surface area contributed by atoms with Crippen LogP contribution in [0.5, 0.6) is 0 Å². The van der Waals surface area contributed by atoms with Crippen LogP contribution in [0.3, 0.4) is 0 Å². The summed E-state index contributed by atoms with van der Waals surface area (Å²) in [6.45, 7) is 5.95. The highest BCUT2D eigenvalue weighted by Gasteiger charge is 2.05. The summed E-state index contributed by atoms with van der Waals surface area (Å²) in [5, 5.41) is 2.81. The van der Waals surface area contributed by atoms with E-state index in [0.717, 1.165) is 26.6 Å². The molecule has 0 aliphatic heterocycles. The van der Waals surface area contributed by atoms with Crippen molar-refractivity contribution in [3.8, 4) is 0 Å². The highest BCUT2D eigenvalue weighted by Crippen LogP contribution is 2.27. The maximum atomic E-state index is 4.37. The van der Waals surface area contributed by atoms with Crippen LogP contribution in [0.15, 0.2) is 20.9 Å². The van der Waals surface area contributed by atoms with Crippen LogP contribution in [0.1, 0.15) is 17.1 Å². The fraction of sp³-hybridized carbons (Fsp3) is 0.300. The monoisotopic (exact) mass is 237 g/mol. The number of hydrogen-bond acceptors (Lipinski definition) is 5. The highest BCUT2D eigenvalue weighted by molar-refractivity contribution is 8.00. The van der Waals surface area contributed by atoms with Gasteiger partial charge in [0, 0.05) is 22.5 Å². The van der Waals surface area contributed by atoms with Crippen LogP contribution in [0.4, 0.5) is 0 Å². The Hall–Kier alpha value is -0.940. The first-order valence-electron chi connectivity index (χ1n) is 4.56. The van der Waals surface area contributed by atoms with Crippen molar-refractivity contribution in [1.82, 2.24) is 15.0 Å². The minimum Gasteiger partial charge on any atom is -0.235 e. The summed E-state index contributed by atoms with van der Waals surface area (Å²) < 4.78 is 0.998.